The number of benzene rings is 1. The van der Waals surface area contributed by atoms with E-state index in [-0.39, 0.29) is 34.7 Å². The Hall–Kier alpha value is -1.15. The Morgan fingerprint density at radius 1 is 1.33 bits per heavy atom. The number of hydrogen-bond acceptors (Lipinski definition) is 4. The molecule has 1 unspecified atom stereocenters. The van der Waals surface area contributed by atoms with E-state index in [1.165, 1.54) is 21.3 Å². The van der Waals surface area contributed by atoms with E-state index in [1.807, 2.05) is 13.8 Å². The molecule has 8 heteroatoms. The standard InChI is InChI=1S/C16H25N3O3S.ClH/c1-16(2)11-19(9-8-14(16)17)23(21,22)13-7-5-6-12(10-13)15(20)18(3)4;/h5-7,10,14H,8-9,11,17H2,1-4H3;1H. The SMILES string of the molecule is CN(C)C(=O)c1cccc(S(=O)(=O)N2CCC(N)C(C)(C)C2)c1.Cl. The van der Waals surface area contributed by atoms with Crippen LogP contribution in [0, 0.1) is 5.41 Å². The zero-order valence-corrected chi connectivity index (χ0v) is 16.2. The molecule has 1 aromatic rings. The van der Waals surface area contributed by atoms with Gasteiger partial charge in [0.1, 0.15) is 0 Å². The minimum absolute atomic E-state index is 0. The zero-order valence-electron chi connectivity index (χ0n) is 14.5. The van der Waals surface area contributed by atoms with Crippen LogP contribution in [0.4, 0.5) is 0 Å². The monoisotopic (exact) mass is 375 g/mol. The van der Waals surface area contributed by atoms with Crippen molar-refractivity contribution >= 4 is 28.3 Å². The van der Waals surface area contributed by atoms with E-state index in [4.69, 9.17) is 5.73 Å². The highest BCUT2D eigenvalue weighted by atomic mass is 35.5. The molecule has 1 aromatic carbocycles. The number of nitrogens with zero attached hydrogens (tertiary/aromatic N) is 2. The Labute approximate surface area is 150 Å². The number of sulfonamides is 1. The lowest BCUT2D eigenvalue weighted by Crippen LogP contribution is -2.53. The Morgan fingerprint density at radius 3 is 2.50 bits per heavy atom. The van der Waals surface area contributed by atoms with Crippen LogP contribution in [0.5, 0.6) is 0 Å². The van der Waals surface area contributed by atoms with Crippen LogP contribution in [0.3, 0.4) is 0 Å². The lowest BCUT2D eigenvalue weighted by atomic mass is 9.81. The van der Waals surface area contributed by atoms with Crippen molar-refractivity contribution in [1.82, 2.24) is 9.21 Å². The molecule has 24 heavy (non-hydrogen) atoms. The van der Waals surface area contributed by atoms with Crippen molar-refractivity contribution in [3.8, 4) is 0 Å². The summed E-state index contributed by atoms with van der Waals surface area (Å²) in [6, 6.07) is 6.18. The van der Waals surface area contributed by atoms with Crippen molar-refractivity contribution in [2.45, 2.75) is 31.2 Å². The molecule has 1 aliphatic heterocycles. The maximum atomic E-state index is 12.9. The van der Waals surface area contributed by atoms with E-state index in [0.29, 0.717) is 25.1 Å². The van der Waals surface area contributed by atoms with Gasteiger partial charge < -0.3 is 10.6 Å². The number of rotatable bonds is 3. The lowest BCUT2D eigenvalue weighted by Gasteiger charge is -2.41. The van der Waals surface area contributed by atoms with Gasteiger partial charge in [0.25, 0.3) is 5.91 Å². The molecule has 1 atom stereocenters. The fraction of sp³-hybridized carbons (Fsp3) is 0.562. The van der Waals surface area contributed by atoms with Gasteiger partial charge in [-0.3, -0.25) is 4.79 Å². The van der Waals surface area contributed by atoms with Crippen LogP contribution in [0.2, 0.25) is 0 Å². The van der Waals surface area contributed by atoms with E-state index < -0.39 is 10.0 Å². The Balaban J connectivity index is 0.00000288. The average molecular weight is 376 g/mol. The van der Waals surface area contributed by atoms with Gasteiger partial charge in [-0.15, -0.1) is 12.4 Å². The van der Waals surface area contributed by atoms with E-state index in [1.54, 1.807) is 26.2 Å². The summed E-state index contributed by atoms with van der Waals surface area (Å²) in [6.07, 6.45) is 0.628. The maximum Gasteiger partial charge on any atom is 0.253 e. The van der Waals surface area contributed by atoms with Crippen molar-refractivity contribution in [2.24, 2.45) is 11.1 Å². The third kappa shape index (κ3) is 4.08. The fourth-order valence-corrected chi connectivity index (χ4v) is 4.40. The molecule has 1 amide bonds. The second-order valence-electron chi connectivity index (χ2n) is 6.95. The summed E-state index contributed by atoms with van der Waals surface area (Å²) in [4.78, 5) is 13.6. The summed E-state index contributed by atoms with van der Waals surface area (Å²) in [7, 11) is -0.357. The van der Waals surface area contributed by atoms with Crippen LogP contribution < -0.4 is 5.73 Å². The first-order valence-electron chi connectivity index (χ1n) is 7.63. The van der Waals surface area contributed by atoms with Crippen LogP contribution >= 0.6 is 12.4 Å². The van der Waals surface area contributed by atoms with E-state index in [2.05, 4.69) is 0 Å². The van der Waals surface area contributed by atoms with Crippen molar-refractivity contribution < 1.29 is 13.2 Å². The summed E-state index contributed by atoms with van der Waals surface area (Å²) in [6.45, 7) is 4.73. The van der Waals surface area contributed by atoms with Gasteiger partial charge >= 0.3 is 0 Å². The van der Waals surface area contributed by atoms with Crippen LogP contribution in [-0.2, 0) is 10.0 Å². The Morgan fingerprint density at radius 2 is 1.96 bits per heavy atom. The maximum absolute atomic E-state index is 12.9. The number of piperidine rings is 1. The summed E-state index contributed by atoms with van der Waals surface area (Å²) >= 11 is 0. The van der Waals surface area contributed by atoms with E-state index in [9.17, 15) is 13.2 Å². The average Bonchev–Trinajstić information content (AvgIpc) is 2.49. The molecule has 1 heterocycles. The number of amides is 1. The molecule has 6 nitrogen and oxygen atoms in total. The molecule has 0 bridgehead atoms. The van der Waals surface area contributed by atoms with Crippen LogP contribution in [0.15, 0.2) is 29.2 Å². The van der Waals surface area contributed by atoms with Crippen molar-refractivity contribution in [1.29, 1.82) is 0 Å². The molecule has 0 aliphatic carbocycles. The molecule has 1 aliphatic rings. The third-order valence-electron chi connectivity index (χ3n) is 4.40. The van der Waals surface area contributed by atoms with Crippen molar-refractivity contribution in [3.05, 3.63) is 29.8 Å². The highest BCUT2D eigenvalue weighted by molar-refractivity contribution is 7.89. The van der Waals surface area contributed by atoms with E-state index in [0.717, 1.165) is 0 Å². The predicted molar refractivity (Wildman–Crippen MR) is 96.8 cm³/mol. The second kappa shape index (κ2) is 7.39. The van der Waals surface area contributed by atoms with Gasteiger partial charge in [0.05, 0.1) is 4.90 Å². The van der Waals surface area contributed by atoms with Gasteiger partial charge in [-0.2, -0.15) is 4.31 Å². The van der Waals surface area contributed by atoms with Crippen LogP contribution in [-0.4, -0.2) is 56.8 Å². The molecule has 2 N–H and O–H groups in total. The van der Waals surface area contributed by atoms with Crippen LogP contribution in [0.25, 0.3) is 0 Å². The largest absolute Gasteiger partial charge is 0.345 e. The third-order valence-corrected chi connectivity index (χ3v) is 6.24. The number of carbonyl (C=O) groups is 1. The number of hydrogen-bond donors (Lipinski definition) is 1. The van der Waals surface area contributed by atoms with Gasteiger partial charge in [-0.05, 0) is 30.0 Å². The second-order valence-corrected chi connectivity index (χ2v) is 8.89. The van der Waals surface area contributed by atoms with E-state index >= 15 is 0 Å². The predicted octanol–water partition coefficient (Wildman–Crippen LogP) is 1.56. The topological polar surface area (TPSA) is 83.7 Å². The smallest absolute Gasteiger partial charge is 0.253 e. The molecule has 0 aromatic heterocycles. The summed E-state index contributed by atoms with van der Waals surface area (Å²) in [5.41, 5.74) is 6.17. The fourth-order valence-electron chi connectivity index (χ4n) is 2.73. The van der Waals surface area contributed by atoms with Gasteiger partial charge in [-0.1, -0.05) is 19.9 Å². The van der Waals surface area contributed by atoms with Gasteiger partial charge in [0.15, 0.2) is 0 Å². The first-order chi connectivity index (χ1) is 10.6. The Bertz CT molecular complexity index is 704. The summed E-state index contributed by atoms with van der Waals surface area (Å²) in [5.74, 6) is -0.219. The van der Waals surface area contributed by atoms with Gasteiger partial charge in [0, 0.05) is 38.8 Å². The minimum Gasteiger partial charge on any atom is -0.345 e. The van der Waals surface area contributed by atoms with Crippen molar-refractivity contribution in [2.75, 3.05) is 27.2 Å². The molecule has 1 fully saturated rings. The first-order valence-corrected chi connectivity index (χ1v) is 9.07. The molecule has 0 saturated carbocycles. The summed E-state index contributed by atoms with van der Waals surface area (Å²) in [5, 5.41) is 0. The highest BCUT2D eigenvalue weighted by Gasteiger charge is 2.38. The van der Waals surface area contributed by atoms with Gasteiger partial charge in [-0.25, -0.2) is 8.42 Å². The van der Waals surface area contributed by atoms with Crippen molar-refractivity contribution in [3.63, 3.8) is 0 Å². The molecule has 1 saturated heterocycles. The number of halogens is 1. The number of carbonyl (C=O) groups excluding carboxylic acids is 1. The first kappa shape index (κ1) is 20.9. The minimum atomic E-state index is -3.63. The molecule has 0 radical (unpaired) electrons. The molecule has 0 spiro atoms. The van der Waals surface area contributed by atoms with Gasteiger partial charge in [0.2, 0.25) is 10.0 Å². The normalized spacial score (nSPS) is 21.0. The highest BCUT2D eigenvalue weighted by Crippen LogP contribution is 2.31. The Kier molecular flexibility index (Phi) is 6.43. The quantitative estimate of drug-likeness (QED) is 0.868. The molecular weight excluding hydrogens is 350 g/mol. The molecular formula is C16H26ClN3O3S. The zero-order chi connectivity index (χ0) is 17.4. The summed E-state index contributed by atoms with van der Waals surface area (Å²) < 4.78 is 27.2. The molecule has 136 valence electrons. The number of nitrogens with two attached hydrogens (primary N) is 1. The lowest BCUT2D eigenvalue weighted by molar-refractivity contribution is 0.0827. The van der Waals surface area contributed by atoms with Crippen LogP contribution in [0.1, 0.15) is 30.6 Å². The molecule has 2 rings (SSSR count).